The lowest BCUT2D eigenvalue weighted by Gasteiger charge is -2.33. The Morgan fingerprint density at radius 2 is 1.62 bits per heavy atom. The molecule has 1 aliphatic heterocycles. The smallest absolute Gasteiger partial charge is 0.0672 e. The molecule has 136 valence electrons. The van der Waals surface area contributed by atoms with E-state index in [0.717, 1.165) is 32.2 Å². The van der Waals surface area contributed by atoms with E-state index in [2.05, 4.69) is 42.3 Å². The Hall–Kier alpha value is -0.353. The molecule has 2 nitrogen and oxygen atoms in total. The maximum absolute atomic E-state index is 5.48. The van der Waals surface area contributed by atoms with Crippen molar-refractivity contribution in [3.8, 4) is 0 Å². The SMILES string of the molecule is C[Si](C)(Cc1ccc(C2CCCCC2)cc1)CN1CCOCC1.Cl. The number of rotatable bonds is 5. The van der Waals surface area contributed by atoms with E-state index >= 15 is 0 Å². The van der Waals surface area contributed by atoms with Crippen LogP contribution in [0.25, 0.3) is 0 Å². The van der Waals surface area contributed by atoms with Crippen molar-refractivity contribution in [3.63, 3.8) is 0 Å². The van der Waals surface area contributed by atoms with Gasteiger partial charge in [0.25, 0.3) is 0 Å². The predicted octanol–water partition coefficient (Wildman–Crippen LogP) is 4.82. The maximum atomic E-state index is 5.48. The van der Waals surface area contributed by atoms with Gasteiger partial charge in [-0.1, -0.05) is 62.2 Å². The first-order chi connectivity index (χ1) is 11.1. The Morgan fingerprint density at radius 3 is 2.25 bits per heavy atom. The van der Waals surface area contributed by atoms with Crippen molar-refractivity contribution in [2.75, 3.05) is 32.5 Å². The number of morpholine rings is 1. The van der Waals surface area contributed by atoms with Crippen molar-refractivity contribution in [2.45, 2.75) is 57.2 Å². The van der Waals surface area contributed by atoms with Gasteiger partial charge >= 0.3 is 0 Å². The fourth-order valence-electron chi connectivity index (χ4n) is 4.32. The van der Waals surface area contributed by atoms with Crippen molar-refractivity contribution in [1.82, 2.24) is 4.90 Å². The molecule has 4 heteroatoms. The third kappa shape index (κ3) is 5.87. The van der Waals surface area contributed by atoms with E-state index in [1.165, 1.54) is 44.3 Å². The van der Waals surface area contributed by atoms with Gasteiger partial charge in [-0.3, -0.25) is 0 Å². The molecule has 1 aromatic carbocycles. The molecule has 24 heavy (non-hydrogen) atoms. The summed E-state index contributed by atoms with van der Waals surface area (Å²) in [5.74, 6) is 0.830. The van der Waals surface area contributed by atoms with Crippen molar-refractivity contribution in [3.05, 3.63) is 35.4 Å². The van der Waals surface area contributed by atoms with Crippen LogP contribution < -0.4 is 0 Å². The van der Waals surface area contributed by atoms with Crippen LogP contribution in [0.4, 0.5) is 0 Å². The van der Waals surface area contributed by atoms with Crippen LogP contribution in [0.2, 0.25) is 13.1 Å². The average molecular weight is 368 g/mol. The first-order valence-electron chi connectivity index (χ1n) is 9.51. The second-order valence-corrected chi connectivity index (χ2v) is 13.3. The van der Waals surface area contributed by atoms with Crippen LogP contribution in [0, 0.1) is 0 Å². The zero-order chi connectivity index (χ0) is 16.1. The van der Waals surface area contributed by atoms with E-state index in [1.807, 2.05) is 0 Å². The van der Waals surface area contributed by atoms with E-state index in [4.69, 9.17) is 4.74 Å². The summed E-state index contributed by atoms with van der Waals surface area (Å²) in [6.07, 6.45) is 8.39. The van der Waals surface area contributed by atoms with Gasteiger partial charge in [-0.05, 0) is 36.5 Å². The molecule has 1 heterocycles. The van der Waals surface area contributed by atoms with Crippen LogP contribution in [0.15, 0.2) is 24.3 Å². The molecule has 1 aromatic rings. The fourth-order valence-corrected chi connectivity index (χ4v) is 7.30. The normalized spacial score (nSPS) is 20.6. The minimum atomic E-state index is -1.22. The number of hydrogen-bond donors (Lipinski definition) is 0. The highest BCUT2D eigenvalue weighted by molar-refractivity contribution is 6.77. The molecule has 0 radical (unpaired) electrons. The van der Waals surface area contributed by atoms with Gasteiger partial charge in [-0.15, -0.1) is 12.4 Å². The summed E-state index contributed by atoms with van der Waals surface area (Å²) in [7, 11) is -1.22. The Balaban J connectivity index is 0.00000208. The maximum Gasteiger partial charge on any atom is 0.0672 e. The molecule has 0 aromatic heterocycles. The lowest BCUT2D eigenvalue weighted by molar-refractivity contribution is 0.0454. The zero-order valence-electron chi connectivity index (χ0n) is 15.4. The highest BCUT2D eigenvalue weighted by atomic mass is 35.5. The van der Waals surface area contributed by atoms with Gasteiger partial charge in [-0.2, -0.15) is 0 Å². The van der Waals surface area contributed by atoms with E-state index < -0.39 is 8.07 Å². The molecule has 1 saturated heterocycles. The minimum absolute atomic E-state index is 0. The molecule has 0 N–H and O–H groups in total. The largest absolute Gasteiger partial charge is 0.379 e. The molecule has 1 aliphatic carbocycles. The van der Waals surface area contributed by atoms with Crippen molar-refractivity contribution in [1.29, 1.82) is 0 Å². The van der Waals surface area contributed by atoms with Crippen LogP contribution in [0.5, 0.6) is 0 Å². The molecule has 2 aliphatic rings. The van der Waals surface area contributed by atoms with E-state index in [-0.39, 0.29) is 12.4 Å². The number of hydrogen-bond acceptors (Lipinski definition) is 2. The number of halogens is 1. The van der Waals surface area contributed by atoms with Gasteiger partial charge in [0, 0.05) is 13.1 Å². The van der Waals surface area contributed by atoms with Gasteiger partial charge in [0.2, 0.25) is 0 Å². The summed E-state index contributed by atoms with van der Waals surface area (Å²) in [5, 5.41) is 0. The quantitative estimate of drug-likeness (QED) is 0.692. The van der Waals surface area contributed by atoms with Gasteiger partial charge in [0.1, 0.15) is 0 Å². The third-order valence-electron chi connectivity index (χ3n) is 5.49. The number of nitrogens with zero attached hydrogens (tertiary/aromatic N) is 1. The molecular formula is C20H34ClNOSi. The average Bonchev–Trinajstić information content (AvgIpc) is 2.56. The van der Waals surface area contributed by atoms with Crippen molar-refractivity contribution >= 4 is 20.5 Å². The van der Waals surface area contributed by atoms with Crippen LogP contribution in [0.1, 0.15) is 49.1 Å². The van der Waals surface area contributed by atoms with Gasteiger partial charge in [0.15, 0.2) is 0 Å². The molecule has 0 unspecified atom stereocenters. The summed E-state index contributed by atoms with van der Waals surface area (Å²) < 4.78 is 5.48. The zero-order valence-corrected chi connectivity index (χ0v) is 17.2. The lowest BCUT2D eigenvalue weighted by atomic mass is 9.84. The molecule has 0 amide bonds. The predicted molar refractivity (Wildman–Crippen MR) is 108 cm³/mol. The van der Waals surface area contributed by atoms with E-state index in [1.54, 1.807) is 11.1 Å². The van der Waals surface area contributed by atoms with Gasteiger partial charge in [-0.25, -0.2) is 0 Å². The van der Waals surface area contributed by atoms with Crippen LogP contribution in [-0.2, 0) is 10.8 Å². The van der Waals surface area contributed by atoms with Crippen molar-refractivity contribution in [2.24, 2.45) is 0 Å². The number of ether oxygens (including phenoxy) is 1. The first kappa shape index (κ1) is 20.0. The molecular weight excluding hydrogens is 334 g/mol. The van der Waals surface area contributed by atoms with Gasteiger partial charge < -0.3 is 9.64 Å². The van der Waals surface area contributed by atoms with Crippen LogP contribution in [0.3, 0.4) is 0 Å². The standard InChI is InChI=1S/C20H33NOSi.ClH/c1-23(2,17-21-12-14-22-15-13-21)16-18-8-10-20(11-9-18)19-6-4-3-5-7-19;/h8-11,19H,3-7,12-17H2,1-2H3;1H. The monoisotopic (exact) mass is 367 g/mol. The molecule has 0 bridgehead atoms. The lowest BCUT2D eigenvalue weighted by Crippen LogP contribution is -2.48. The van der Waals surface area contributed by atoms with Gasteiger partial charge in [0.05, 0.1) is 21.3 Å². The summed E-state index contributed by atoms with van der Waals surface area (Å²) in [5.41, 5.74) is 3.13. The summed E-state index contributed by atoms with van der Waals surface area (Å²) >= 11 is 0. The second kappa shape index (κ2) is 9.37. The highest BCUT2D eigenvalue weighted by Crippen LogP contribution is 2.32. The van der Waals surface area contributed by atoms with Crippen LogP contribution in [-0.4, -0.2) is 45.4 Å². The minimum Gasteiger partial charge on any atom is -0.379 e. The van der Waals surface area contributed by atoms with E-state index in [0.29, 0.717) is 0 Å². The molecule has 3 rings (SSSR count). The summed E-state index contributed by atoms with van der Waals surface area (Å²) in [6.45, 7) is 9.16. The Labute approximate surface area is 155 Å². The first-order valence-corrected chi connectivity index (χ1v) is 12.9. The molecule has 0 spiro atoms. The molecule has 0 atom stereocenters. The Kier molecular flexibility index (Phi) is 7.80. The second-order valence-electron chi connectivity index (χ2n) is 8.31. The number of benzene rings is 1. The Bertz CT molecular complexity index is 479. The third-order valence-corrected chi connectivity index (χ3v) is 8.16. The van der Waals surface area contributed by atoms with Crippen molar-refractivity contribution < 1.29 is 4.74 Å². The molecule has 1 saturated carbocycles. The molecule has 2 fully saturated rings. The highest BCUT2D eigenvalue weighted by Gasteiger charge is 2.26. The summed E-state index contributed by atoms with van der Waals surface area (Å²) in [4.78, 5) is 2.62. The fraction of sp³-hybridized carbons (Fsp3) is 0.700. The van der Waals surface area contributed by atoms with E-state index in [9.17, 15) is 0 Å². The topological polar surface area (TPSA) is 12.5 Å². The Morgan fingerprint density at radius 1 is 1.00 bits per heavy atom. The summed E-state index contributed by atoms with van der Waals surface area (Å²) in [6, 6.07) is 11.0. The van der Waals surface area contributed by atoms with Crippen LogP contribution >= 0.6 is 12.4 Å².